The fourth-order valence-electron chi connectivity index (χ4n) is 3.01. The van der Waals surface area contributed by atoms with Gasteiger partial charge in [0.1, 0.15) is 5.75 Å². The van der Waals surface area contributed by atoms with Crippen LogP contribution in [0.2, 0.25) is 0 Å². The van der Waals surface area contributed by atoms with Gasteiger partial charge in [0.2, 0.25) is 5.82 Å². The second-order valence-corrected chi connectivity index (χ2v) is 5.86. The second kappa shape index (κ2) is 6.56. The van der Waals surface area contributed by atoms with Crippen molar-refractivity contribution in [2.45, 2.75) is 13.5 Å². The van der Waals surface area contributed by atoms with Crippen LogP contribution < -0.4 is 15.9 Å². The van der Waals surface area contributed by atoms with Gasteiger partial charge in [0.05, 0.1) is 23.7 Å². The standard InChI is InChI=1S/C19H16N4O4/c1-3-23-14-9-8-11(10-13(14)20-17(24)19(23)25)18-21-16(22-27-18)12-6-4-5-7-15(12)26-2/h4-10H,3H2,1-2H3,(H,20,24). The lowest BCUT2D eigenvalue weighted by Crippen LogP contribution is -2.35. The zero-order valence-corrected chi connectivity index (χ0v) is 14.7. The van der Waals surface area contributed by atoms with E-state index in [2.05, 4.69) is 15.1 Å². The molecule has 0 atom stereocenters. The largest absolute Gasteiger partial charge is 0.496 e. The quantitative estimate of drug-likeness (QED) is 0.558. The molecule has 0 amide bonds. The van der Waals surface area contributed by atoms with Crippen molar-refractivity contribution < 1.29 is 9.26 Å². The van der Waals surface area contributed by atoms with Crippen LogP contribution in [0, 0.1) is 0 Å². The predicted molar refractivity (Wildman–Crippen MR) is 99.8 cm³/mol. The van der Waals surface area contributed by atoms with Crippen molar-refractivity contribution in [3.63, 3.8) is 0 Å². The molecule has 4 aromatic rings. The van der Waals surface area contributed by atoms with E-state index in [9.17, 15) is 9.59 Å². The molecule has 4 rings (SSSR count). The van der Waals surface area contributed by atoms with Gasteiger partial charge in [0, 0.05) is 12.1 Å². The van der Waals surface area contributed by atoms with E-state index in [1.54, 1.807) is 25.3 Å². The van der Waals surface area contributed by atoms with Crippen LogP contribution >= 0.6 is 0 Å². The molecule has 2 heterocycles. The van der Waals surface area contributed by atoms with Gasteiger partial charge >= 0.3 is 11.1 Å². The minimum absolute atomic E-state index is 0.299. The van der Waals surface area contributed by atoms with Crippen LogP contribution in [0.5, 0.6) is 5.75 Å². The number of para-hydroxylation sites is 1. The SMILES string of the molecule is CCn1c(=O)c(=O)[nH]c2cc(-c3nc(-c4ccccc4OC)no3)ccc21. The maximum absolute atomic E-state index is 12.0. The lowest BCUT2D eigenvalue weighted by Gasteiger charge is -2.07. The summed E-state index contributed by atoms with van der Waals surface area (Å²) in [6, 6.07) is 12.6. The van der Waals surface area contributed by atoms with E-state index in [1.807, 2.05) is 31.2 Å². The zero-order valence-electron chi connectivity index (χ0n) is 14.7. The molecule has 0 aliphatic heterocycles. The van der Waals surface area contributed by atoms with Crippen LogP contribution in [0.4, 0.5) is 0 Å². The Morgan fingerprint density at radius 1 is 1.19 bits per heavy atom. The molecule has 27 heavy (non-hydrogen) atoms. The molecule has 0 radical (unpaired) electrons. The first kappa shape index (κ1) is 16.8. The normalized spacial score (nSPS) is 11.0. The summed E-state index contributed by atoms with van der Waals surface area (Å²) >= 11 is 0. The van der Waals surface area contributed by atoms with Gasteiger partial charge in [0.25, 0.3) is 5.89 Å². The Balaban J connectivity index is 1.82. The number of methoxy groups -OCH3 is 1. The third-order valence-electron chi connectivity index (χ3n) is 4.31. The van der Waals surface area contributed by atoms with Crippen LogP contribution in [-0.4, -0.2) is 26.8 Å². The molecule has 0 aliphatic carbocycles. The number of benzene rings is 2. The number of nitrogens with one attached hydrogen (secondary N) is 1. The van der Waals surface area contributed by atoms with E-state index in [1.165, 1.54) is 4.57 Å². The summed E-state index contributed by atoms with van der Waals surface area (Å²) in [5.74, 6) is 1.34. The summed E-state index contributed by atoms with van der Waals surface area (Å²) in [7, 11) is 1.58. The van der Waals surface area contributed by atoms with Crippen LogP contribution in [-0.2, 0) is 6.54 Å². The van der Waals surface area contributed by atoms with Gasteiger partial charge in [-0.25, -0.2) is 0 Å². The van der Waals surface area contributed by atoms with Gasteiger partial charge in [-0.3, -0.25) is 9.59 Å². The fourth-order valence-corrected chi connectivity index (χ4v) is 3.01. The highest BCUT2D eigenvalue weighted by molar-refractivity contribution is 5.80. The lowest BCUT2D eigenvalue weighted by atomic mass is 10.1. The third-order valence-corrected chi connectivity index (χ3v) is 4.31. The van der Waals surface area contributed by atoms with Crippen molar-refractivity contribution in [3.05, 3.63) is 63.2 Å². The average molecular weight is 364 g/mol. The van der Waals surface area contributed by atoms with Crippen LogP contribution in [0.25, 0.3) is 33.9 Å². The summed E-state index contributed by atoms with van der Waals surface area (Å²) in [6.45, 7) is 2.21. The Morgan fingerprint density at radius 3 is 2.78 bits per heavy atom. The molecule has 2 aromatic carbocycles. The first-order chi connectivity index (χ1) is 13.1. The van der Waals surface area contributed by atoms with E-state index in [-0.39, 0.29) is 0 Å². The molecule has 0 unspecified atom stereocenters. The number of H-pyrrole nitrogens is 1. The topological polar surface area (TPSA) is 103 Å². The minimum Gasteiger partial charge on any atom is -0.496 e. The Bertz CT molecular complexity index is 1250. The summed E-state index contributed by atoms with van der Waals surface area (Å²) in [5, 5.41) is 4.02. The van der Waals surface area contributed by atoms with E-state index in [0.29, 0.717) is 46.2 Å². The van der Waals surface area contributed by atoms with Crippen LogP contribution in [0.3, 0.4) is 0 Å². The van der Waals surface area contributed by atoms with Gasteiger partial charge in [-0.05, 0) is 37.3 Å². The molecule has 0 saturated heterocycles. The molecular weight excluding hydrogens is 348 g/mol. The van der Waals surface area contributed by atoms with Crippen molar-refractivity contribution in [3.8, 4) is 28.6 Å². The van der Waals surface area contributed by atoms with Gasteiger partial charge < -0.3 is 18.8 Å². The lowest BCUT2D eigenvalue weighted by molar-refractivity contribution is 0.413. The number of aromatic amines is 1. The molecule has 0 bridgehead atoms. The first-order valence-electron chi connectivity index (χ1n) is 8.36. The maximum atomic E-state index is 12.0. The molecule has 0 spiro atoms. The minimum atomic E-state index is -0.665. The van der Waals surface area contributed by atoms with Crippen molar-refractivity contribution in [2.75, 3.05) is 7.11 Å². The number of hydrogen-bond acceptors (Lipinski definition) is 6. The molecule has 0 saturated carbocycles. The number of fused-ring (bicyclic) bond motifs is 1. The van der Waals surface area contributed by atoms with Crippen molar-refractivity contribution in [1.29, 1.82) is 0 Å². The number of ether oxygens (including phenoxy) is 1. The van der Waals surface area contributed by atoms with Gasteiger partial charge in [0.15, 0.2) is 0 Å². The highest BCUT2D eigenvalue weighted by Gasteiger charge is 2.15. The highest BCUT2D eigenvalue weighted by atomic mass is 16.5. The van der Waals surface area contributed by atoms with Crippen LogP contribution in [0.1, 0.15) is 6.92 Å². The Labute approximate surface area is 153 Å². The Kier molecular flexibility index (Phi) is 4.08. The summed E-state index contributed by atoms with van der Waals surface area (Å²) in [5.41, 5.74) is 1.26. The van der Waals surface area contributed by atoms with E-state index in [4.69, 9.17) is 9.26 Å². The summed E-state index contributed by atoms with van der Waals surface area (Å²) in [6.07, 6.45) is 0. The van der Waals surface area contributed by atoms with Gasteiger partial charge in [-0.2, -0.15) is 4.98 Å². The van der Waals surface area contributed by atoms with Crippen molar-refractivity contribution >= 4 is 11.0 Å². The first-order valence-corrected chi connectivity index (χ1v) is 8.36. The van der Waals surface area contributed by atoms with Crippen molar-refractivity contribution in [2.24, 2.45) is 0 Å². The monoisotopic (exact) mass is 364 g/mol. The molecular formula is C19H16N4O4. The molecule has 0 fully saturated rings. The number of rotatable bonds is 4. The molecule has 2 aromatic heterocycles. The van der Waals surface area contributed by atoms with Gasteiger partial charge in [-0.15, -0.1) is 0 Å². The highest BCUT2D eigenvalue weighted by Crippen LogP contribution is 2.29. The average Bonchev–Trinajstić information content (AvgIpc) is 3.18. The molecule has 136 valence electrons. The number of aromatic nitrogens is 4. The number of aryl methyl sites for hydroxylation is 1. The second-order valence-electron chi connectivity index (χ2n) is 5.86. The molecule has 8 nitrogen and oxygen atoms in total. The van der Waals surface area contributed by atoms with E-state index < -0.39 is 11.1 Å². The fraction of sp³-hybridized carbons (Fsp3) is 0.158. The Morgan fingerprint density at radius 2 is 2.00 bits per heavy atom. The van der Waals surface area contributed by atoms with Crippen LogP contribution in [0.15, 0.2) is 56.6 Å². The van der Waals surface area contributed by atoms with Gasteiger partial charge in [-0.1, -0.05) is 17.3 Å². The maximum Gasteiger partial charge on any atom is 0.316 e. The van der Waals surface area contributed by atoms with E-state index in [0.717, 1.165) is 0 Å². The molecule has 8 heteroatoms. The molecule has 0 aliphatic rings. The van der Waals surface area contributed by atoms with Crippen molar-refractivity contribution in [1.82, 2.24) is 19.7 Å². The summed E-state index contributed by atoms with van der Waals surface area (Å²) in [4.78, 5) is 30.9. The number of nitrogens with zero attached hydrogens (tertiary/aromatic N) is 3. The zero-order chi connectivity index (χ0) is 19.0. The third kappa shape index (κ3) is 2.80. The molecule has 1 N–H and O–H groups in total. The Hall–Kier alpha value is -3.68. The predicted octanol–water partition coefficient (Wildman–Crippen LogP) is 2.44. The smallest absolute Gasteiger partial charge is 0.316 e. The summed E-state index contributed by atoms with van der Waals surface area (Å²) < 4.78 is 12.1. The van der Waals surface area contributed by atoms with E-state index >= 15 is 0 Å². The number of hydrogen-bond donors (Lipinski definition) is 1.